The Bertz CT molecular complexity index is 8680. The molecule has 26 rings (SSSR count). The number of rotatable bonds is 6. The summed E-state index contributed by atoms with van der Waals surface area (Å²) in [7, 11) is 0. The summed E-state index contributed by atoms with van der Waals surface area (Å²) in [5.74, 6) is 1.95. The normalized spacial score (nSPS) is 11.9. The minimum Gasteiger partial charge on any atom is -0.435 e. The van der Waals surface area contributed by atoms with E-state index in [1.807, 2.05) is 91.0 Å². The summed E-state index contributed by atoms with van der Waals surface area (Å²) in [6.45, 7) is 0. The molecule has 0 unspecified atom stereocenters. The van der Waals surface area contributed by atoms with Crippen LogP contribution in [0, 0.1) is 0 Å². The van der Waals surface area contributed by atoms with Crippen molar-refractivity contribution in [2.24, 2.45) is 0 Å². The molecule has 0 saturated heterocycles. The van der Waals surface area contributed by atoms with Crippen molar-refractivity contribution in [1.82, 2.24) is 15.0 Å². The smallest absolute Gasteiger partial charge is 0.227 e. The standard InChI is InChI=1S/2C39H23NO.C35H21NO/c1-2-9-26(10-3-1)39-40-35-21-19-25-15-16-27-22-28(18-20-31(27)37(25)38(35)41-39)34-23-29-17-14-24-8-4-5-11-30(24)36(29)33-13-7-6-12-32(33)34;1-2-9-26(10-3-1)39-40-36-21-18-25-14-15-27-22-28(17-19-30(27)37(25)38(36)41-39)34-23-35-29-11-5-4-8-24(29)16-20-33(35)31-12-6-7-13-32(31)34;1-2-8-23(9-3-1)35-36-32-19-17-22-14-15-25-20-26(16-18-28(25)33(22)34(32)37-35)31-21-24-10-4-5-11-27(24)29-12-6-7-13-30(29)31/h2*1-23H;1-21H. The zero-order valence-electron chi connectivity index (χ0n) is 64.2. The van der Waals surface area contributed by atoms with Crippen molar-refractivity contribution in [3.8, 4) is 67.7 Å². The van der Waals surface area contributed by atoms with Gasteiger partial charge in [0.25, 0.3) is 0 Å². The molecule has 0 N–H and O–H groups in total. The molecule has 6 nitrogen and oxygen atoms in total. The number of fused-ring (bicyclic) bond motifs is 28. The maximum absolute atomic E-state index is 6.43. The van der Waals surface area contributed by atoms with E-state index in [0.717, 1.165) is 82.3 Å². The lowest BCUT2D eigenvalue weighted by molar-refractivity contribution is 0.623. The first kappa shape index (κ1) is 67.6. The Hall–Kier alpha value is -15.9. The van der Waals surface area contributed by atoms with Crippen molar-refractivity contribution in [3.63, 3.8) is 0 Å². The maximum atomic E-state index is 6.43. The van der Waals surface area contributed by atoms with Gasteiger partial charge in [-0.15, -0.1) is 0 Å². The van der Waals surface area contributed by atoms with Gasteiger partial charge in [0.2, 0.25) is 17.7 Å². The van der Waals surface area contributed by atoms with Gasteiger partial charge in [0.15, 0.2) is 16.7 Å². The van der Waals surface area contributed by atoms with E-state index in [1.165, 1.54) is 152 Å². The lowest BCUT2D eigenvalue weighted by Gasteiger charge is -2.14. The van der Waals surface area contributed by atoms with Gasteiger partial charge in [0, 0.05) is 32.8 Å². The molecule has 6 heteroatoms. The Morgan fingerprint density at radius 2 is 0.412 bits per heavy atom. The fourth-order valence-corrected chi connectivity index (χ4v) is 18.7. The van der Waals surface area contributed by atoms with E-state index < -0.39 is 0 Å². The van der Waals surface area contributed by atoms with Gasteiger partial charge in [-0.2, -0.15) is 0 Å². The Morgan fingerprint density at radius 1 is 0.143 bits per heavy atom. The first-order valence-electron chi connectivity index (χ1n) is 40.5. The second kappa shape index (κ2) is 27.4. The fraction of sp³-hybridized carbons (Fsp3) is 0. The molecule has 0 aliphatic carbocycles. The molecule has 26 aromatic rings. The summed E-state index contributed by atoms with van der Waals surface area (Å²) in [6.07, 6.45) is 0. The molecule has 0 aliphatic rings. The van der Waals surface area contributed by atoms with E-state index in [2.05, 4.69) is 315 Å². The van der Waals surface area contributed by atoms with Crippen molar-refractivity contribution in [3.05, 3.63) is 406 Å². The summed E-state index contributed by atoms with van der Waals surface area (Å²) in [5, 5.41) is 34.3. The maximum Gasteiger partial charge on any atom is 0.227 e. The van der Waals surface area contributed by atoms with Crippen LogP contribution in [0.5, 0.6) is 0 Å². The van der Waals surface area contributed by atoms with E-state index in [1.54, 1.807) is 0 Å². The van der Waals surface area contributed by atoms with Crippen LogP contribution in [-0.4, -0.2) is 15.0 Å². The number of benzene rings is 23. The molecular weight excluding hydrogens is 1450 g/mol. The summed E-state index contributed by atoms with van der Waals surface area (Å²) >= 11 is 0. The number of hydrogen-bond donors (Lipinski definition) is 0. The molecule has 0 radical (unpaired) electrons. The highest BCUT2D eigenvalue weighted by Gasteiger charge is 2.21. The zero-order chi connectivity index (χ0) is 78.2. The highest BCUT2D eigenvalue weighted by molar-refractivity contribution is 6.27. The van der Waals surface area contributed by atoms with E-state index in [0.29, 0.717) is 17.7 Å². The molecule has 0 amide bonds. The third-order valence-corrected chi connectivity index (χ3v) is 24.3. The number of hydrogen-bond acceptors (Lipinski definition) is 6. The van der Waals surface area contributed by atoms with Gasteiger partial charge in [-0.3, -0.25) is 0 Å². The van der Waals surface area contributed by atoms with Crippen molar-refractivity contribution in [2.75, 3.05) is 0 Å². The van der Waals surface area contributed by atoms with Crippen molar-refractivity contribution < 1.29 is 13.3 Å². The molecule has 0 atom stereocenters. The van der Waals surface area contributed by atoms with Gasteiger partial charge >= 0.3 is 0 Å². The van der Waals surface area contributed by atoms with Gasteiger partial charge in [-0.1, -0.05) is 315 Å². The second-order valence-corrected chi connectivity index (χ2v) is 31.1. The predicted molar refractivity (Wildman–Crippen MR) is 500 cm³/mol. The van der Waals surface area contributed by atoms with E-state index in [9.17, 15) is 0 Å². The molecule has 0 saturated carbocycles. The topological polar surface area (TPSA) is 78.1 Å². The van der Waals surface area contributed by atoms with Crippen LogP contribution in [-0.2, 0) is 0 Å². The van der Waals surface area contributed by atoms with E-state index in [4.69, 9.17) is 28.2 Å². The van der Waals surface area contributed by atoms with Crippen LogP contribution in [0.3, 0.4) is 0 Å². The van der Waals surface area contributed by atoms with Crippen LogP contribution in [0.25, 0.3) is 252 Å². The fourth-order valence-electron chi connectivity index (χ4n) is 18.7. The number of aromatic nitrogens is 3. The Morgan fingerprint density at radius 3 is 0.866 bits per heavy atom. The van der Waals surface area contributed by atoms with E-state index >= 15 is 0 Å². The van der Waals surface area contributed by atoms with Crippen LogP contribution in [0.15, 0.2) is 420 Å². The van der Waals surface area contributed by atoms with Crippen LogP contribution in [0.1, 0.15) is 0 Å². The van der Waals surface area contributed by atoms with Gasteiger partial charge in [0.05, 0.1) is 0 Å². The zero-order valence-corrected chi connectivity index (χ0v) is 64.2. The monoisotopic (exact) mass is 1510 g/mol. The highest BCUT2D eigenvalue weighted by atomic mass is 16.4. The first-order valence-corrected chi connectivity index (χ1v) is 40.5. The molecule has 3 heterocycles. The molecule has 0 aliphatic heterocycles. The van der Waals surface area contributed by atoms with Crippen molar-refractivity contribution in [1.29, 1.82) is 0 Å². The van der Waals surface area contributed by atoms with Gasteiger partial charge in [0.1, 0.15) is 16.6 Å². The van der Waals surface area contributed by atoms with Crippen LogP contribution >= 0.6 is 0 Å². The number of nitrogens with zero attached hydrogens (tertiary/aromatic N) is 3. The molecular formula is C113H67N3O3. The van der Waals surface area contributed by atoms with Crippen LogP contribution in [0.4, 0.5) is 0 Å². The van der Waals surface area contributed by atoms with Crippen molar-refractivity contribution in [2.45, 2.75) is 0 Å². The third-order valence-electron chi connectivity index (χ3n) is 24.3. The number of oxazole rings is 3. The average Bonchev–Trinajstić information content (AvgIpc) is 1.73. The molecule has 0 fully saturated rings. The van der Waals surface area contributed by atoms with Crippen LogP contribution in [0.2, 0.25) is 0 Å². The second-order valence-electron chi connectivity index (χ2n) is 31.1. The summed E-state index contributed by atoms with van der Waals surface area (Å²) in [4.78, 5) is 14.5. The highest BCUT2D eigenvalue weighted by Crippen LogP contribution is 2.46. The summed E-state index contributed by atoms with van der Waals surface area (Å²) in [5.41, 5.74) is 15.5. The third kappa shape index (κ3) is 11.3. The quantitative estimate of drug-likeness (QED) is 0.154. The van der Waals surface area contributed by atoms with Gasteiger partial charge in [-0.05, 0) is 259 Å². The Kier molecular flexibility index (Phi) is 15.6. The van der Waals surface area contributed by atoms with Crippen LogP contribution < -0.4 is 0 Å². The first-order chi connectivity index (χ1) is 59.0. The van der Waals surface area contributed by atoms with Gasteiger partial charge < -0.3 is 13.3 Å². The lowest BCUT2D eigenvalue weighted by atomic mass is 9.89. The summed E-state index contributed by atoms with van der Waals surface area (Å²) in [6, 6.07) is 145. The predicted octanol–water partition coefficient (Wildman–Crippen LogP) is 31.6. The van der Waals surface area contributed by atoms with Crippen molar-refractivity contribution >= 4 is 184 Å². The molecule has 0 bridgehead atoms. The molecule has 23 aromatic carbocycles. The Balaban J connectivity index is 0.000000102. The largest absolute Gasteiger partial charge is 0.435 e. The molecule has 552 valence electrons. The van der Waals surface area contributed by atoms with E-state index in [-0.39, 0.29) is 0 Å². The summed E-state index contributed by atoms with van der Waals surface area (Å²) < 4.78 is 19.2. The SMILES string of the molecule is c1ccc(-c2nc3ccc4ccc5cc(-c6cc7c8ccccc8ccc7c7ccccc67)ccc5c4c3o2)cc1.c1ccc(-c2nc3ccc4ccc5cc(-c6cc7ccc8ccccc8c7c7ccccc67)ccc5c4c3o2)cc1.c1ccc(-c2nc3ccc4ccc5cc(-c6cc7ccccc7c7ccccc67)ccc5c4c3o2)cc1. The molecule has 119 heavy (non-hydrogen) atoms. The molecule has 3 aromatic heterocycles. The van der Waals surface area contributed by atoms with Gasteiger partial charge in [-0.25, -0.2) is 15.0 Å². The molecule has 0 spiro atoms. The Labute approximate surface area is 682 Å². The lowest BCUT2D eigenvalue weighted by Crippen LogP contribution is -1.87. The minimum atomic E-state index is 0.650. The minimum absolute atomic E-state index is 0.650. The average molecular weight is 1510 g/mol.